The van der Waals surface area contributed by atoms with Gasteiger partial charge in [0.1, 0.15) is 12.2 Å². The van der Waals surface area contributed by atoms with Crippen molar-refractivity contribution in [2.24, 2.45) is 0 Å². The fourth-order valence-corrected chi connectivity index (χ4v) is 1.33. The standard InChI is InChI=1S/C7H14O4/c1-4-6(9-2)5(8)7(10-3)11-4/h4-8H,1-3H3/t4-,5-,6+,7-/m1/s1. The van der Waals surface area contributed by atoms with Crippen molar-refractivity contribution in [1.29, 1.82) is 0 Å². The Balaban J connectivity index is 2.55. The van der Waals surface area contributed by atoms with Gasteiger partial charge >= 0.3 is 0 Å². The van der Waals surface area contributed by atoms with Crippen molar-refractivity contribution in [1.82, 2.24) is 0 Å². The zero-order valence-corrected chi connectivity index (χ0v) is 6.98. The van der Waals surface area contributed by atoms with Crippen LogP contribution in [-0.4, -0.2) is 43.9 Å². The van der Waals surface area contributed by atoms with Crippen molar-refractivity contribution in [3.05, 3.63) is 0 Å². The van der Waals surface area contributed by atoms with Crippen LogP contribution in [0.3, 0.4) is 0 Å². The van der Waals surface area contributed by atoms with Crippen LogP contribution in [0, 0.1) is 0 Å². The Morgan fingerprint density at radius 1 is 1.27 bits per heavy atom. The first kappa shape index (κ1) is 8.93. The molecular formula is C7H14O4. The Labute approximate surface area is 66.1 Å². The predicted molar refractivity (Wildman–Crippen MR) is 38.1 cm³/mol. The van der Waals surface area contributed by atoms with Crippen molar-refractivity contribution in [2.75, 3.05) is 14.2 Å². The number of hydrogen-bond acceptors (Lipinski definition) is 4. The highest BCUT2D eigenvalue weighted by Gasteiger charge is 2.41. The van der Waals surface area contributed by atoms with Gasteiger partial charge in [0.05, 0.1) is 6.10 Å². The summed E-state index contributed by atoms with van der Waals surface area (Å²) in [5, 5.41) is 9.44. The molecule has 1 saturated heterocycles. The van der Waals surface area contributed by atoms with E-state index in [1.54, 1.807) is 7.11 Å². The van der Waals surface area contributed by atoms with Crippen molar-refractivity contribution < 1.29 is 19.3 Å². The fourth-order valence-electron chi connectivity index (χ4n) is 1.33. The maximum atomic E-state index is 9.44. The van der Waals surface area contributed by atoms with Crippen LogP contribution in [0.5, 0.6) is 0 Å². The first-order valence-corrected chi connectivity index (χ1v) is 3.59. The number of aliphatic hydroxyl groups excluding tert-OH is 1. The predicted octanol–water partition coefficient (Wildman–Crippen LogP) is -0.246. The van der Waals surface area contributed by atoms with Crippen molar-refractivity contribution in [2.45, 2.75) is 31.5 Å². The number of hydrogen-bond donors (Lipinski definition) is 1. The van der Waals surface area contributed by atoms with Gasteiger partial charge in [0.25, 0.3) is 0 Å². The summed E-state index contributed by atoms with van der Waals surface area (Å²) in [6, 6.07) is 0. The molecule has 1 aliphatic rings. The van der Waals surface area contributed by atoms with E-state index in [4.69, 9.17) is 14.2 Å². The molecule has 1 N–H and O–H groups in total. The van der Waals surface area contributed by atoms with Gasteiger partial charge in [-0.2, -0.15) is 0 Å². The van der Waals surface area contributed by atoms with E-state index in [1.165, 1.54) is 7.11 Å². The molecule has 1 heterocycles. The summed E-state index contributed by atoms with van der Waals surface area (Å²) in [6.45, 7) is 1.84. The van der Waals surface area contributed by atoms with E-state index in [2.05, 4.69) is 0 Å². The second kappa shape index (κ2) is 3.49. The van der Waals surface area contributed by atoms with Crippen LogP contribution in [-0.2, 0) is 14.2 Å². The van der Waals surface area contributed by atoms with E-state index in [9.17, 15) is 5.11 Å². The first-order valence-electron chi connectivity index (χ1n) is 3.59. The van der Waals surface area contributed by atoms with Gasteiger partial charge in [-0.1, -0.05) is 0 Å². The number of rotatable bonds is 2. The minimum Gasteiger partial charge on any atom is -0.385 e. The molecule has 11 heavy (non-hydrogen) atoms. The number of aliphatic hydroxyl groups is 1. The highest BCUT2D eigenvalue weighted by molar-refractivity contribution is 4.84. The minimum atomic E-state index is -0.681. The lowest BCUT2D eigenvalue weighted by atomic mass is 10.1. The van der Waals surface area contributed by atoms with Crippen LogP contribution in [0.1, 0.15) is 6.92 Å². The second-order valence-electron chi connectivity index (χ2n) is 2.64. The van der Waals surface area contributed by atoms with Crippen molar-refractivity contribution >= 4 is 0 Å². The maximum Gasteiger partial charge on any atom is 0.186 e. The van der Waals surface area contributed by atoms with E-state index < -0.39 is 12.4 Å². The second-order valence-corrected chi connectivity index (χ2v) is 2.64. The molecule has 0 unspecified atom stereocenters. The van der Waals surface area contributed by atoms with Crippen molar-refractivity contribution in [3.63, 3.8) is 0 Å². The summed E-state index contributed by atoms with van der Waals surface area (Å²) in [4.78, 5) is 0. The van der Waals surface area contributed by atoms with Gasteiger partial charge in [0.15, 0.2) is 6.29 Å². The largest absolute Gasteiger partial charge is 0.385 e. The molecule has 0 aromatic rings. The number of ether oxygens (including phenoxy) is 3. The molecule has 66 valence electrons. The SMILES string of the molecule is CO[C@@H]1O[C@H](C)[C@H](OC)[C@H]1O. The Hall–Kier alpha value is -0.160. The zero-order chi connectivity index (χ0) is 8.43. The van der Waals surface area contributed by atoms with Crippen LogP contribution in [0.4, 0.5) is 0 Å². The summed E-state index contributed by atoms with van der Waals surface area (Å²) < 4.78 is 15.1. The van der Waals surface area contributed by atoms with Gasteiger partial charge in [-0.15, -0.1) is 0 Å². The summed E-state index contributed by atoms with van der Waals surface area (Å²) in [6.07, 6.45) is -1.62. The van der Waals surface area contributed by atoms with Crippen LogP contribution >= 0.6 is 0 Å². The van der Waals surface area contributed by atoms with E-state index in [-0.39, 0.29) is 12.2 Å². The summed E-state index contributed by atoms with van der Waals surface area (Å²) in [7, 11) is 3.05. The third-order valence-corrected chi connectivity index (χ3v) is 1.93. The molecule has 0 bridgehead atoms. The molecule has 0 saturated carbocycles. The van der Waals surface area contributed by atoms with Crippen LogP contribution in [0.25, 0.3) is 0 Å². The Morgan fingerprint density at radius 2 is 1.91 bits per heavy atom. The summed E-state index contributed by atoms with van der Waals surface area (Å²) in [5.74, 6) is 0. The molecule has 4 atom stereocenters. The van der Waals surface area contributed by atoms with Crippen LogP contribution in [0.15, 0.2) is 0 Å². The molecule has 4 nitrogen and oxygen atoms in total. The molecule has 0 radical (unpaired) electrons. The summed E-state index contributed by atoms with van der Waals surface area (Å²) in [5.41, 5.74) is 0. The molecule has 0 amide bonds. The zero-order valence-electron chi connectivity index (χ0n) is 6.98. The molecule has 1 aliphatic heterocycles. The van der Waals surface area contributed by atoms with Gasteiger partial charge in [-0.05, 0) is 6.92 Å². The maximum absolute atomic E-state index is 9.44. The lowest BCUT2D eigenvalue weighted by Crippen LogP contribution is -2.33. The Kier molecular flexibility index (Phi) is 2.84. The van der Waals surface area contributed by atoms with Gasteiger partial charge in [0, 0.05) is 14.2 Å². The monoisotopic (exact) mass is 162 g/mol. The van der Waals surface area contributed by atoms with Gasteiger partial charge in [-0.3, -0.25) is 0 Å². The number of methoxy groups -OCH3 is 2. The lowest BCUT2D eigenvalue weighted by Gasteiger charge is -2.14. The molecule has 1 rings (SSSR count). The highest BCUT2D eigenvalue weighted by Crippen LogP contribution is 2.23. The normalized spacial score (nSPS) is 44.7. The van der Waals surface area contributed by atoms with E-state index in [0.717, 1.165) is 0 Å². The third-order valence-electron chi connectivity index (χ3n) is 1.93. The quantitative estimate of drug-likeness (QED) is 0.608. The molecule has 0 spiro atoms. The minimum absolute atomic E-state index is 0.111. The molecule has 0 aromatic carbocycles. The van der Waals surface area contributed by atoms with Crippen LogP contribution < -0.4 is 0 Å². The van der Waals surface area contributed by atoms with Crippen molar-refractivity contribution in [3.8, 4) is 0 Å². The first-order chi connectivity index (χ1) is 5.20. The Morgan fingerprint density at radius 3 is 2.18 bits per heavy atom. The van der Waals surface area contributed by atoms with E-state index in [0.29, 0.717) is 0 Å². The topological polar surface area (TPSA) is 47.9 Å². The van der Waals surface area contributed by atoms with Gasteiger partial charge in [-0.25, -0.2) is 0 Å². The fraction of sp³-hybridized carbons (Fsp3) is 1.00. The van der Waals surface area contributed by atoms with Crippen LogP contribution in [0.2, 0.25) is 0 Å². The third kappa shape index (κ3) is 1.54. The van der Waals surface area contributed by atoms with E-state index in [1.807, 2.05) is 6.92 Å². The average Bonchev–Trinajstić information content (AvgIpc) is 2.26. The molecule has 1 fully saturated rings. The molecule has 0 aliphatic carbocycles. The summed E-state index contributed by atoms with van der Waals surface area (Å²) >= 11 is 0. The molecule has 0 aromatic heterocycles. The lowest BCUT2D eigenvalue weighted by molar-refractivity contribution is -0.146. The molecule has 4 heteroatoms. The van der Waals surface area contributed by atoms with E-state index >= 15 is 0 Å². The highest BCUT2D eigenvalue weighted by atomic mass is 16.7. The average molecular weight is 162 g/mol. The van der Waals surface area contributed by atoms with Gasteiger partial charge in [0.2, 0.25) is 0 Å². The Bertz CT molecular complexity index is 128. The smallest absolute Gasteiger partial charge is 0.186 e. The molecular weight excluding hydrogens is 148 g/mol. The van der Waals surface area contributed by atoms with Gasteiger partial charge < -0.3 is 19.3 Å².